The molecule has 0 saturated carbocycles. The number of nitrogens with zero attached hydrogens (tertiary/aromatic N) is 1. The first-order chi connectivity index (χ1) is 19.2. The van der Waals surface area contributed by atoms with Crippen molar-refractivity contribution in [2.45, 2.75) is 25.2 Å². The highest BCUT2D eigenvalue weighted by molar-refractivity contribution is 7.90. The lowest BCUT2D eigenvalue weighted by Gasteiger charge is -2.25. The molecule has 0 aliphatic rings. The second kappa shape index (κ2) is 12.6. The predicted molar refractivity (Wildman–Crippen MR) is 155 cm³/mol. The highest BCUT2D eigenvalue weighted by Crippen LogP contribution is 2.21. The van der Waals surface area contributed by atoms with Crippen LogP contribution in [0.25, 0.3) is 10.8 Å². The van der Waals surface area contributed by atoms with Gasteiger partial charge in [-0.25, -0.2) is 13.1 Å². The van der Waals surface area contributed by atoms with Crippen LogP contribution in [0, 0.1) is 5.92 Å². The van der Waals surface area contributed by atoms with Crippen LogP contribution in [0.3, 0.4) is 0 Å². The van der Waals surface area contributed by atoms with E-state index in [-0.39, 0.29) is 17.2 Å². The number of hydrogen-bond donors (Lipinski definition) is 2. The Morgan fingerprint density at radius 3 is 2.05 bits per heavy atom. The van der Waals surface area contributed by atoms with E-state index in [0.717, 1.165) is 5.39 Å². The molecular weight excluding hydrogens is 526 g/mol. The molecule has 4 aromatic rings. The summed E-state index contributed by atoms with van der Waals surface area (Å²) >= 11 is 0. The molecule has 206 valence electrons. The van der Waals surface area contributed by atoms with E-state index in [1.165, 1.54) is 17.0 Å². The lowest BCUT2D eigenvalue weighted by Crippen LogP contribution is -2.46. The minimum Gasteiger partial charge on any atom is -0.343 e. The van der Waals surface area contributed by atoms with Crippen LogP contribution >= 0.6 is 0 Å². The molecule has 2 N–H and O–H groups in total. The van der Waals surface area contributed by atoms with Gasteiger partial charge in [0.25, 0.3) is 15.9 Å². The number of carbonyl (C=O) groups excluding carboxylic acids is 3. The van der Waals surface area contributed by atoms with Crippen molar-refractivity contribution in [1.82, 2.24) is 9.62 Å². The summed E-state index contributed by atoms with van der Waals surface area (Å²) in [6.45, 7) is 4.35. The summed E-state index contributed by atoms with van der Waals surface area (Å²) in [6, 6.07) is 27.4. The first kappa shape index (κ1) is 28.5. The van der Waals surface area contributed by atoms with Crippen molar-refractivity contribution in [1.29, 1.82) is 0 Å². The molecule has 4 rings (SSSR count). The SMILES string of the molecule is CCN(CC)C(=O)[C@H](Cc1ccc(NC(=O)c2ccccc2)cc1)C(=O)NS(=O)(=O)c1ccc2ccccc2c1. The molecular formula is C31H31N3O5S. The van der Waals surface area contributed by atoms with Gasteiger partial charge < -0.3 is 10.2 Å². The van der Waals surface area contributed by atoms with E-state index in [4.69, 9.17) is 0 Å². The number of sulfonamides is 1. The lowest BCUT2D eigenvalue weighted by atomic mass is 9.97. The van der Waals surface area contributed by atoms with Crippen molar-refractivity contribution < 1.29 is 22.8 Å². The molecule has 4 aromatic carbocycles. The number of carbonyl (C=O) groups is 3. The summed E-state index contributed by atoms with van der Waals surface area (Å²) in [7, 11) is -4.23. The monoisotopic (exact) mass is 557 g/mol. The topological polar surface area (TPSA) is 113 Å². The molecule has 3 amide bonds. The molecule has 9 heteroatoms. The van der Waals surface area contributed by atoms with Crippen LogP contribution in [0.4, 0.5) is 5.69 Å². The van der Waals surface area contributed by atoms with Gasteiger partial charge in [0.15, 0.2) is 0 Å². The summed E-state index contributed by atoms with van der Waals surface area (Å²) < 4.78 is 28.4. The molecule has 0 saturated heterocycles. The first-order valence-corrected chi connectivity index (χ1v) is 14.5. The van der Waals surface area contributed by atoms with Crippen LogP contribution in [-0.4, -0.2) is 44.1 Å². The Kier molecular flexibility index (Phi) is 8.96. The Hall–Kier alpha value is -4.50. The third-order valence-electron chi connectivity index (χ3n) is 6.64. The quantitative estimate of drug-likeness (QED) is 0.276. The zero-order chi connectivity index (χ0) is 28.7. The molecule has 0 fully saturated rings. The zero-order valence-corrected chi connectivity index (χ0v) is 23.1. The second-order valence-corrected chi connectivity index (χ2v) is 10.9. The van der Waals surface area contributed by atoms with E-state index in [0.29, 0.717) is 35.3 Å². The summed E-state index contributed by atoms with van der Waals surface area (Å²) in [5.41, 5.74) is 1.70. The predicted octanol–water partition coefficient (Wildman–Crippen LogP) is 4.62. The van der Waals surface area contributed by atoms with E-state index >= 15 is 0 Å². The largest absolute Gasteiger partial charge is 0.343 e. The van der Waals surface area contributed by atoms with Crippen molar-refractivity contribution in [2.75, 3.05) is 18.4 Å². The van der Waals surface area contributed by atoms with Gasteiger partial charge in [-0.05, 0) is 73.0 Å². The average molecular weight is 558 g/mol. The van der Waals surface area contributed by atoms with Gasteiger partial charge >= 0.3 is 0 Å². The number of rotatable bonds is 10. The number of nitrogens with one attached hydrogen (secondary N) is 2. The Bertz CT molecular complexity index is 1620. The molecule has 8 nitrogen and oxygen atoms in total. The van der Waals surface area contributed by atoms with Crippen LogP contribution in [0.2, 0.25) is 0 Å². The molecule has 0 aliphatic heterocycles. The van der Waals surface area contributed by atoms with Gasteiger partial charge in [0.1, 0.15) is 5.92 Å². The molecule has 0 unspecified atom stereocenters. The van der Waals surface area contributed by atoms with Crippen molar-refractivity contribution in [2.24, 2.45) is 5.92 Å². The fraction of sp³-hybridized carbons (Fsp3) is 0.194. The van der Waals surface area contributed by atoms with Gasteiger partial charge in [0, 0.05) is 24.3 Å². The minimum atomic E-state index is -4.23. The van der Waals surface area contributed by atoms with Gasteiger partial charge in [-0.1, -0.05) is 60.7 Å². The lowest BCUT2D eigenvalue weighted by molar-refractivity contribution is -0.141. The molecule has 0 heterocycles. The molecule has 0 bridgehead atoms. The zero-order valence-electron chi connectivity index (χ0n) is 22.3. The maximum absolute atomic E-state index is 13.4. The number of anilines is 1. The molecule has 0 aromatic heterocycles. The highest BCUT2D eigenvalue weighted by Gasteiger charge is 2.33. The van der Waals surface area contributed by atoms with Crippen LogP contribution in [0.1, 0.15) is 29.8 Å². The molecule has 1 atom stereocenters. The van der Waals surface area contributed by atoms with Crippen LogP contribution in [-0.2, 0) is 26.0 Å². The Balaban J connectivity index is 1.53. The van der Waals surface area contributed by atoms with Gasteiger partial charge in [-0.3, -0.25) is 14.4 Å². The second-order valence-electron chi connectivity index (χ2n) is 9.26. The third kappa shape index (κ3) is 6.73. The summed E-state index contributed by atoms with van der Waals surface area (Å²) in [5.74, 6) is -2.88. The number of hydrogen-bond acceptors (Lipinski definition) is 5. The van der Waals surface area contributed by atoms with Gasteiger partial charge in [0.2, 0.25) is 11.8 Å². The first-order valence-electron chi connectivity index (χ1n) is 13.0. The van der Waals surface area contributed by atoms with Crippen molar-refractivity contribution in [3.63, 3.8) is 0 Å². The normalized spacial score (nSPS) is 11.9. The molecule has 0 spiro atoms. The van der Waals surface area contributed by atoms with Crippen molar-refractivity contribution in [3.8, 4) is 0 Å². The maximum Gasteiger partial charge on any atom is 0.264 e. The summed E-state index contributed by atoms with van der Waals surface area (Å²) in [5, 5.41) is 4.39. The van der Waals surface area contributed by atoms with E-state index in [1.807, 2.05) is 18.2 Å². The molecule has 0 aliphatic carbocycles. The number of amides is 3. The van der Waals surface area contributed by atoms with Crippen molar-refractivity contribution in [3.05, 3.63) is 108 Å². The number of benzene rings is 4. The van der Waals surface area contributed by atoms with E-state index in [2.05, 4.69) is 10.0 Å². The van der Waals surface area contributed by atoms with Crippen LogP contribution in [0.5, 0.6) is 0 Å². The average Bonchev–Trinajstić information content (AvgIpc) is 2.97. The van der Waals surface area contributed by atoms with Crippen molar-refractivity contribution >= 4 is 44.2 Å². The smallest absolute Gasteiger partial charge is 0.264 e. The maximum atomic E-state index is 13.4. The third-order valence-corrected chi connectivity index (χ3v) is 7.99. The van der Waals surface area contributed by atoms with E-state index in [1.54, 1.807) is 80.6 Å². The van der Waals surface area contributed by atoms with Gasteiger partial charge in [-0.2, -0.15) is 0 Å². The van der Waals surface area contributed by atoms with Crippen LogP contribution < -0.4 is 10.0 Å². The highest BCUT2D eigenvalue weighted by atomic mass is 32.2. The van der Waals surface area contributed by atoms with Crippen LogP contribution in [0.15, 0.2) is 102 Å². The fourth-order valence-corrected chi connectivity index (χ4v) is 5.45. The van der Waals surface area contributed by atoms with E-state index in [9.17, 15) is 22.8 Å². The summed E-state index contributed by atoms with van der Waals surface area (Å²) in [6.07, 6.45) is -0.0126. The molecule has 40 heavy (non-hydrogen) atoms. The molecule has 0 radical (unpaired) electrons. The Labute approximate surface area is 234 Å². The Morgan fingerprint density at radius 1 is 0.775 bits per heavy atom. The summed E-state index contributed by atoms with van der Waals surface area (Å²) in [4.78, 5) is 40.6. The van der Waals surface area contributed by atoms with E-state index < -0.39 is 27.8 Å². The fourth-order valence-electron chi connectivity index (χ4n) is 4.40. The minimum absolute atomic E-state index is 0.0126. The van der Waals surface area contributed by atoms with Gasteiger partial charge in [0.05, 0.1) is 4.90 Å². The number of fused-ring (bicyclic) bond motifs is 1. The standard InChI is InChI=1S/C31H31N3O5S/c1-3-34(4-2)31(37)28(20-22-14-17-26(18-15-22)32-29(35)24-11-6-5-7-12-24)30(36)33-40(38,39)27-19-16-23-10-8-9-13-25(23)21-27/h5-19,21,28H,3-4,20H2,1-2H3,(H,32,35)(H,33,36)/t28-/m1/s1. The Morgan fingerprint density at radius 2 is 1.40 bits per heavy atom. The van der Waals surface area contributed by atoms with Gasteiger partial charge in [-0.15, -0.1) is 0 Å².